The van der Waals surface area contributed by atoms with Crippen molar-refractivity contribution in [3.63, 3.8) is 0 Å². The molecule has 0 radical (unpaired) electrons. The van der Waals surface area contributed by atoms with Gasteiger partial charge >= 0.3 is 0 Å². The van der Waals surface area contributed by atoms with Gasteiger partial charge in [-0.15, -0.1) is 0 Å². The van der Waals surface area contributed by atoms with Gasteiger partial charge in [-0.25, -0.2) is 0 Å². The first kappa shape index (κ1) is 16.6. The molecule has 0 spiro atoms. The summed E-state index contributed by atoms with van der Waals surface area (Å²) in [5, 5.41) is 2.97. The first-order valence-corrected chi connectivity index (χ1v) is 7.43. The fourth-order valence-electron chi connectivity index (χ4n) is 2.18. The van der Waals surface area contributed by atoms with Gasteiger partial charge in [0.05, 0.1) is 13.2 Å². The SMILES string of the molecule is C=CCOc1ccc(C(=O)NC(C)c2ccccc2)cc1OC. The summed E-state index contributed by atoms with van der Waals surface area (Å²) in [6, 6.07) is 14.9. The number of ether oxygens (including phenoxy) is 2. The molecule has 0 aromatic heterocycles. The van der Waals surface area contributed by atoms with E-state index in [0.717, 1.165) is 5.56 Å². The molecule has 2 aromatic carbocycles. The molecular weight excluding hydrogens is 290 g/mol. The van der Waals surface area contributed by atoms with E-state index < -0.39 is 0 Å². The van der Waals surface area contributed by atoms with E-state index in [9.17, 15) is 4.79 Å². The van der Waals surface area contributed by atoms with Crippen molar-refractivity contribution < 1.29 is 14.3 Å². The summed E-state index contributed by atoms with van der Waals surface area (Å²) < 4.78 is 10.8. The average molecular weight is 311 g/mol. The summed E-state index contributed by atoms with van der Waals surface area (Å²) in [5.74, 6) is 0.946. The Kier molecular flexibility index (Phi) is 5.80. The summed E-state index contributed by atoms with van der Waals surface area (Å²) in [4.78, 5) is 12.4. The number of benzene rings is 2. The Hall–Kier alpha value is -2.75. The van der Waals surface area contributed by atoms with Gasteiger partial charge in [-0.05, 0) is 30.7 Å². The number of hydrogen-bond donors (Lipinski definition) is 1. The van der Waals surface area contributed by atoms with Crippen LogP contribution in [0.25, 0.3) is 0 Å². The number of hydrogen-bond acceptors (Lipinski definition) is 3. The van der Waals surface area contributed by atoms with Gasteiger partial charge in [-0.3, -0.25) is 4.79 Å². The van der Waals surface area contributed by atoms with Crippen LogP contribution in [0, 0.1) is 0 Å². The molecule has 1 unspecified atom stereocenters. The van der Waals surface area contributed by atoms with Crippen LogP contribution in [0.4, 0.5) is 0 Å². The molecule has 2 aromatic rings. The second kappa shape index (κ2) is 8.03. The molecule has 0 saturated carbocycles. The Morgan fingerprint density at radius 1 is 1.22 bits per heavy atom. The van der Waals surface area contributed by atoms with Gasteiger partial charge in [-0.2, -0.15) is 0 Å². The van der Waals surface area contributed by atoms with E-state index >= 15 is 0 Å². The number of methoxy groups -OCH3 is 1. The molecule has 1 N–H and O–H groups in total. The average Bonchev–Trinajstić information content (AvgIpc) is 2.60. The van der Waals surface area contributed by atoms with Gasteiger partial charge in [-0.1, -0.05) is 43.0 Å². The van der Waals surface area contributed by atoms with Crippen LogP contribution in [0.5, 0.6) is 11.5 Å². The zero-order chi connectivity index (χ0) is 16.7. The Morgan fingerprint density at radius 3 is 2.61 bits per heavy atom. The number of carbonyl (C=O) groups excluding carboxylic acids is 1. The van der Waals surface area contributed by atoms with Gasteiger partial charge in [0.25, 0.3) is 5.91 Å². The molecule has 120 valence electrons. The molecule has 1 amide bonds. The van der Waals surface area contributed by atoms with E-state index in [0.29, 0.717) is 23.7 Å². The van der Waals surface area contributed by atoms with Crippen molar-refractivity contribution in [2.24, 2.45) is 0 Å². The highest BCUT2D eigenvalue weighted by atomic mass is 16.5. The van der Waals surface area contributed by atoms with E-state index in [1.165, 1.54) is 0 Å². The maximum atomic E-state index is 12.4. The van der Waals surface area contributed by atoms with Gasteiger partial charge in [0.15, 0.2) is 11.5 Å². The summed E-state index contributed by atoms with van der Waals surface area (Å²) in [6.07, 6.45) is 1.65. The number of rotatable bonds is 7. The van der Waals surface area contributed by atoms with Crippen molar-refractivity contribution in [3.05, 3.63) is 72.3 Å². The van der Waals surface area contributed by atoms with Gasteiger partial charge < -0.3 is 14.8 Å². The Bertz CT molecular complexity index is 668. The third-order valence-electron chi connectivity index (χ3n) is 3.43. The molecule has 23 heavy (non-hydrogen) atoms. The maximum absolute atomic E-state index is 12.4. The van der Waals surface area contributed by atoms with Crippen LogP contribution in [0.15, 0.2) is 61.2 Å². The van der Waals surface area contributed by atoms with Crippen LogP contribution in [0.3, 0.4) is 0 Å². The van der Waals surface area contributed by atoms with Crippen molar-refractivity contribution in [3.8, 4) is 11.5 Å². The highest BCUT2D eigenvalue weighted by Crippen LogP contribution is 2.28. The first-order valence-electron chi connectivity index (χ1n) is 7.43. The molecular formula is C19H21NO3. The third-order valence-corrected chi connectivity index (χ3v) is 3.43. The normalized spacial score (nSPS) is 11.4. The molecule has 0 bridgehead atoms. The number of carbonyl (C=O) groups is 1. The fraction of sp³-hybridized carbons (Fsp3) is 0.211. The van der Waals surface area contributed by atoms with E-state index in [-0.39, 0.29) is 11.9 Å². The van der Waals surface area contributed by atoms with Gasteiger partial charge in [0.2, 0.25) is 0 Å². The lowest BCUT2D eigenvalue weighted by Gasteiger charge is -2.15. The largest absolute Gasteiger partial charge is 0.493 e. The minimum atomic E-state index is -0.157. The molecule has 2 rings (SSSR count). The minimum absolute atomic E-state index is 0.0774. The van der Waals surface area contributed by atoms with Crippen LogP contribution in [0.1, 0.15) is 28.9 Å². The highest BCUT2D eigenvalue weighted by Gasteiger charge is 2.14. The molecule has 4 heteroatoms. The summed E-state index contributed by atoms with van der Waals surface area (Å²) in [5.41, 5.74) is 1.58. The zero-order valence-corrected chi connectivity index (χ0v) is 13.4. The highest BCUT2D eigenvalue weighted by molar-refractivity contribution is 5.95. The Morgan fingerprint density at radius 2 is 1.96 bits per heavy atom. The molecule has 0 aliphatic rings. The van der Waals surface area contributed by atoms with E-state index in [4.69, 9.17) is 9.47 Å². The third kappa shape index (κ3) is 4.36. The lowest BCUT2D eigenvalue weighted by Crippen LogP contribution is -2.26. The zero-order valence-electron chi connectivity index (χ0n) is 13.4. The standard InChI is InChI=1S/C19H21NO3/c1-4-12-23-17-11-10-16(13-18(17)22-3)19(21)20-14(2)15-8-6-5-7-9-15/h4-11,13-14H,1,12H2,2-3H3,(H,20,21). The quantitative estimate of drug-likeness (QED) is 0.792. The van der Waals surface area contributed by atoms with Crippen LogP contribution >= 0.6 is 0 Å². The predicted octanol–water partition coefficient (Wildman–Crippen LogP) is 3.75. The Balaban J connectivity index is 2.11. The number of amides is 1. The van der Waals surface area contributed by atoms with Gasteiger partial charge in [0, 0.05) is 5.56 Å². The molecule has 4 nitrogen and oxygen atoms in total. The topological polar surface area (TPSA) is 47.6 Å². The van der Waals surface area contributed by atoms with E-state index in [1.807, 2.05) is 37.3 Å². The molecule has 0 saturated heterocycles. The van der Waals surface area contributed by atoms with Crippen LogP contribution in [-0.2, 0) is 0 Å². The van der Waals surface area contributed by atoms with Crippen molar-refractivity contribution in [2.45, 2.75) is 13.0 Å². The predicted molar refractivity (Wildman–Crippen MR) is 91.0 cm³/mol. The van der Waals surface area contributed by atoms with E-state index in [2.05, 4.69) is 11.9 Å². The molecule has 0 heterocycles. The minimum Gasteiger partial charge on any atom is -0.493 e. The molecule has 1 atom stereocenters. The smallest absolute Gasteiger partial charge is 0.251 e. The summed E-state index contributed by atoms with van der Waals surface area (Å²) >= 11 is 0. The summed E-state index contributed by atoms with van der Waals surface area (Å²) in [7, 11) is 1.55. The van der Waals surface area contributed by atoms with Crippen LogP contribution < -0.4 is 14.8 Å². The molecule has 0 aliphatic heterocycles. The monoisotopic (exact) mass is 311 g/mol. The second-order valence-electron chi connectivity index (χ2n) is 5.07. The second-order valence-corrected chi connectivity index (χ2v) is 5.07. The molecule has 0 fully saturated rings. The van der Waals surface area contributed by atoms with Crippen LogP contribution in [-0.4, -0.2) is 19.6 Å². The van der Waals surface area contributed by atoms with Gasteiger partial charge in [0.1, 0.15) is 6.61 Å². The number of nitrogens with one attached hydrogen (secondary N) is 1. The fourth-order valence-corrected chi connectivity index (χ4v) is 2.18. The van der Waals surface area contributed by atoms with Crippen LogP contribution in [0.2, 0.25) is 0 Å². The van der Waals surface area contributed by atoms with Crippen molar-refractivity contribution >= 4 is 5.91 Å². The lowest BCUT2D eigenvalue weighted by molar-refractivity contribution is 0.0939. The van der Waals surface area contributed by atoms with Crippen molar-refractivity contribution in [2.75, 3.05) is 13.7 Å². The van der Waals surface area contributed by atoms with Crippen molar-refractivity contribution in [1.82, 2.24) is 5.32 Å². The summed E-state index contributed by atoms with van der Waals surface area (Å²) in [6.45, 7) is 5.94. The maximum Gasteiger partial charge on any atom is 0.251 e. The Labute approximate surface area is 136 Å². The first-order chi connectivity index (χ1) is 11.2. The lowest BCUT2D eigenvalue weighted by atomic mass is 10.1. The van der Waals surface area contributed by atoms with Crippen molar-refractivity contribution in [1.29, 1.82) is 0 Å². The van der Waals surface area contributed by atoms with E-state index in [1.54, 1.807) is 31.4 Å². The molecule has 0 aliphatic carbocycles.